The summed E-state index contributed by atoms with van der Waals surface area (Å²) >= 11 is 1.25. The van der Waals surface area contributed by atoms with Crippen LogP contribution in [0.25, 0.3) is 0 Å². The van der Waals surface area contributed by atoms with Crippen molar-refractivity contribution in [3.8, 4) is 0 Å². The van der Waals surface area contributed by atoms with E-state index in [1.165, 1.54) is 23.9 Å². The molecule has 1 aliphatic heterocycles. The maximum atomic E-state index is 12.4. The lowest BCUT2D eigenvalue weighted by molar-refractivity contribution is -0.384. The van der Waals surface area contributed by atoms with E-state index < -0.39 is 21.7 Å². The number of nitro benzene ring substituents is 1. The topological polar surface area (TPSA) is 119 Å². The Labute approximate surface area is 142 Å². The first-order chi connectivity index (χ1) is 11.3. The van der Waals surface area contributed by atoms with Crippen molar-refractivity contribution < 1.29 is 24.4 Å². The molecule has 9 heteroatoms. The van der Waals surface area contributed by atoms with Gasteiger partial charge in [-0.3, -0.25) is 19.7 Å². The van der Waals surface area contributed by atoms with Crippen LogP contribution >= 0.6 is 11.8 Å². The highest BCUT2D eigenvalue weighted by molar-refractivity contribution is 8.00. The quantitative estimate of drug-likeness (QED) is 0.435. The molecule has 0 aromatic heterocycles. The number of nitro groups is 1. The molecule has 130 valence electrons. The third-order valence-electron chi connectivity index (χ3n) is 3.71. The highest BCUT2D eigenvalue weighted by Crippen LogP contribution is 2.28. The molecule has 1 fully saturated rings. The molecule has 1 aliphatic rings. The van der Waals surface area contributed by atoms with E-state index in [-0.39, 0.29) is 24.6 Å². The summed E-state index contributed by atoms with van der Waals surface area (Å²) in [5.41, 5.74) is -0.882. The SMILES string of the molecule is CC(Sc1ccc([N+](=O)[O-])cc1)C(=O)NC1(CC(=O)O)CCOC1. The standard InChI is InChI=1S/C15H18N2O6S/c1-10(24-12-4-2-11(3-5-12)17(21)22)14(20)16-15(8-13(18)19)6-7-23-9-15/h2-5,10H,6-9H2,1H3,(H,16,20)(H,18,19). The molecule has 0 aliphatic carbocycles. The Kier molecular flexibility index (Phi) is 5.79. The number of nitrogens with one attached hydrogen (secondary N) is 1. The third kappa shape index (κ3) is 4.68. The summed E-state index contributed by atoms with van der Waals surface area (Å²) in [6.07, 6.45) is 0.271. The van der Waals surface area contributed by atoms with Gasteiger partial charge in [0.1, 0.15) is 0 Å². The van der Waals surface area contributed by atoms with Crippen molar-refractivity contribution in [2.75, 3.05) is 13.2 Å². The number of carboxylic acids is 1. The normalized spacial score (nSPS) is 21.2. The van der Waals surface area contributed by atoms with Crippen molar-refractivity contribution in [2.24, 2.45) is 0 Å². The molecule has 1 saturated heterocycles. The summed E-state index contributed by atoms with van der Waals surface area (Å²) in [6.45, 7) is 2.29. The van der Waals surface area contributed by atoms with Crippen molar-refractivity contribution in [1.82, 2.24) is 5.32 Å². The van der Waals surface area contributed by atoms with E-state index in [1.807, 2.05) is 0 Å². The molecule has 0 spiro atoms. The van der Waals surface area contributed by atoms with Crippen molar-refractivity contribution in [3.05, 3.63) is 34.4 Å². The number of thioether (sulfide) groups is 1. The van der Waals surface area contributed by atoms with E-state index in [1.54, 1.807) is 19.1 Å². The average Bonchev–Trinajstić information content (AvgIpc) is 2.94. The number of ether oxygens (including phenoxy) is 1. The predicted molar refractivity (Wildman–Crippen MR) is 87.0 cm³/mol. The summed E-state index contributed by atoms with van der Waals surface area (Å²) in [6, 6.07) is 5.92. The highest BCUT2D eigenvalue weighted by atomic mass is 32.2. The van der Waals surface area contributed by atoms with Crippen molar-refractivity contribution in [1.29, 1.82) is 0 Å². The smallest absolute Gasteiger partial charge is 0.305 e. The molecule has 0 bridgehead atoms. The average molecular weight is 354 g/mol. The van der Waals surface area contributed by atoms with Gasteiger partial charge in [-0.05, 0) is 25.5 Å². The number of hydrogen-bond acceptors (Lipinski definition) is 6. The monoisotopic (exact) mass is 354 g/mol. The van der Waals surface area contributed by atoms with Crippen LogP contribution in [0.15, 0.2) is 29.2 Å². The molecule has 2 rings (SSSR count). The fourth-order valence-corrected chi connectivity index (χ4v) is 3.31. The lowest BCUT2D eigenvalue weighted by Crippen LogP contribution is -2.52. The molecule has 1 heterocycles. The second kappa shape index (κ2) is 7.63. The molecular weight excluding hydrogens is 336 g/mol. The zero-order valence-electron chi connectivity index (χ0n) is 13.1. The lowest BCUT2D eigenvalue weighted by Gasteiger charge is -2.28. The van der Waals surface area contributed by atoms with Crippen LogP contribution in [0.3, 0.4) is 0 Å². The molecule has 1 aromatic carbocycles. The van der Waals surface area contributed by atoms with Crippen LogP contribution in [0.1, 0.15) is 19.8 Å². The summed E-state index contributed by atoms with van der Waals surface area (Å²) in [5, 5.41) is 22.0. The van der Waals surface area contributed by atoms with Crippen LogP contribution in [-0.4, -0.2) is 45.9 Å². The van der Waals surface area contributed by atoms with E-state index in [9.17, 15) is 19.7 Å². The number of hydrogen-bond donors (Lipinski definition) is 2. The molecule has 1 amide bonds. The Morgan fingerprint density at radius 1 is 1.46 bits per heavy atom. The van der Waals surface area contributed by atoms with Gasteiger partial charge in [0.2, 0.25) is 5.91 Å². The Morgan fingerprint density at radius 3 is 2.62 bits per heavy atom. The van der Waals surface area contributed by atoms with E-state index in [0.717, 1.165) is 4.90 Å². The summed E-state index contributed by atoms with van der Waals surface area (Å²) < 4.78 is 5.25. The minimum atomic E-state index is -0.989. The van der Waals surface area contributed by atoms with Crippen LogP contribution < -0.4 is 5.32 Å². The van der Waals surface area contributed by atoms with Gasteiger partial charge in [0.25, 0.3) is 5.69 Å². The third-order valence-corrected chi connectivity index (χ3v) is 4.82. The van der Waals surface area contributed by atoms with E-state index in [4.69, 9.17) is 9.84 Å². The highest BCUT2D eigenvalue weighted by Gasteiger charge is 2.39. The van der Waals surface area contributed by atoms with E-state index in [0.29, 0.717) is 13.0 Å². The summed E-state index contributed by atoms with van der Waals surface area (Å²) in [4.78, 5) is 34.3. The molecule has 0 saturated carbocycles. The Morgan fingerprint density at radius 2 is 2.12 bits per heavy atom. The number of amides is 1. The molecule has 24 heavy (non-hydrogen) atoms. The van der Waals surface area contributed by atoms with Gasteiger partial charge in [-0.1, -0.05) is 0 Å². The first kappa shape index (κ1) is 18.2. The van der Waals surface area contributed by atoms with Gasteiger partial charge < -0.3 is 15.2 Å². The van der Waals surface area contributed by atoms with Crippen molar-refractivity contribution in [2.45, 2.75) is 35.4 Å². The Balaban J connectivity index is 1.98. The first-order valence-corrected chi connectivity index (χ1v) is 8.22. The molecule has 2 N–H and O–H groups in total. The lowest BCUT2D eigenvalue weighted by atomic mass is 9.94. The second-order valence-electron chi connectivity index (χ2n) is 5.65. The number of non-ortho nitro benzene ring substituents is 1. The van der Waals surface area contributed by atoms with Crippen LogP contribution in [0.2, 0.25) is 0 Å². The van der Waals surface area contributed by atoms with Gasteiger partial charge in [-0.25, -0.2) is 0 Å². The van der Waals surface area contributed by atoms with E-state index >= 15 is 0 Å². The number of carboxylic acid groups (broad SMARTS) is 1. The van der Waals surface area contributed by atoms with Crippen LogP contribution in [-0.2, 0) is 14.3 Å². The van der Waals surface area contributed by atoms with Gasteiger partial charge in [-0.15, -0.1) is 11.8 Å². The van der Waals surface area contributed by atoms with Gasteiger partial charge in [0, 0.05) is 23.6 Å². The second-order valence-corrected chi connectivity index (χ2v) is 7.07. The zero-order valence-corrected chi connectivity index (χ0v) is 13.9. The fraction of sp³-hybridized carbons (Fsp3) is 0.467. The number of benzene rings is 1. The first-order valence-electron chi connectivity index (χ1n) is 7.34. The Hall–Kier alpha value is -2.13. The van der Waals surface area contributed by atoms with Crippen LogP contribution in [0, 0.1) is 10.1 Å². The maximum Gasteiger partial charge on any atom is 0.305 e. The van der Waals surface area contributed by atoms with Crippen LogP contribution in [0.5, 0.6) is 0 Å². The van der Waals surface area contributed by atoms with Crippen molar-refractivity contribution in [3.63, 3.8) is 0 Å². The van der Waals surface area contributed by atoms with E-state index in [2.05, 4.69) is 5.32 Å². The van der Waals surface area contributed by atoms with Gasteiger partial charge >= 0.3 is 5.97 Å². The number of rotatable bonds is 7. The number of aliphatic carboxylic acids is 1. The largest absolute Gasteiger partial charge is 0.481 e. The molecular formula is C15H18N2O6S. The summed E-state index contributed by atoms with van der Waals surface area (Å²) in [7, 11) is 0. The molecule has 8 nitrogen and oxygen atoms in total. The summed E-state index contributed by atoms with van der Waals surface area (Å²) in [5.74, 6) is -1.28. The number of carbonyl (C=O) groups is 2. The molecule has 2 atom stereocenters. The van der Waals surface area contributed by atoms with Crippen molar-refractivity contribution >= 4 is 29.3 Å². The fourth-order valence-electron chi connectivity index (χ4n) is 2.45. The molecule has 2 unspecified atom stereocenters. The predicted octanol–water partition coefficient (Wildman–Crippen LogP) is 1.83. The zero-order chi connectivity index (χ0) is 17.7. The van der Waals surface area contributed by atoms with Crippen LogP contribution in [0.4, 0.5) is 5.69 Å². The minimum absolute atomic E-state index is 0.0139. The number of carbonyl (C=O) groups excluding carboxylic acids is 1. The Bertz CT molecular complexity index is 627. The molecule has 1 aromatic rings. The van der Waals surface area contributed by atoms with Gasteiger partial charge in [0.15, 0.2) is 0 Å². The maximum absolute atomic E-state index is 12.4. The minimum Gasteiger partial charge on any atom is -0.481 e. The van der Waals surface area contributed by atoms with Gasteiger partial charge in [0.05, 0.1) is 28.7 Å². The molecule has 0 radical (unpaired) electrons. The van der Waals surface area contributed by atoms with Gasteiger partial charge in [-0.2, -0.15) is 0 Å². The number of nitrogens with zero attached hydrogens (tertiary/aromatic N) is 1.